The molecule has 1 saturated heterocycles. The highest BCUT2D eigenvalue weighted by Gasteiger charge is 2.16. The number of nitrogens with zero attached hydrogens (tertiary/aromatic N) is 1. The average Bonchev–Trinajstić information content (AvgIpc) is 3.40. The number of phenolic OH excluding ortho intramolecular Hbond substituents is 1. The second kappa shape index (κ2) is 8.19. The molecular weight excluding hydrogens is 404 g/mol. The summed E-state index contributed by atoms with van der Waals surface area (Å²) in [5, 5.41) is 14.4. The summed E-state index contributed by atoms with van der Waals surface area (Å²) in [6, 6.07) is 13.9. The smallest absolute Gasteiger partial charge is 0.266 e. The van der Waals surface area contributed by atoms with Crippen LogP contribution in [0, 0.1) is 0 Å². The fourth-order valence-corrected chi connectivity index (χ4v) is 5.06. The zero-order valence-electron chi connectivity index (χ0n) is 16.0. The van der Waals surface area contributed by atoms with Crippen LogP contribution < -0.4 is 5.56 Å². The van der Waals surface area contributed by atoms with Crippen molar-refractivity contribution in [3.05, 3.63) is 63.8 Å². The van der Waals surface area contributed by atoms with Crippen molar-refractivity contribution in [3.63, 3.8) is 0 Å². The Bertz CT molecular complexity index is 1210. The molecule has 4 nitrogen and oxygen atoms in total. The summed E-state index contributed by atoms with van der Waals surface area (Å²) in [6.45, 7) is 3.54. The molecule has 0 radical (unpaired) electrons. The van der Waals surface area contributed by atoms with E-state index in [0.29, 0.717) is 4.70 Å². The summed E-state index contributed by atoms with van der Waals surface area (Å²) in [5.41, 5.74) is 3.73. The van der Waals surface area contributed by atoms with E-state index in [1.54, 1.807) is 12.1 Å². The molecule has 2 aromatic heterocycles. The summed E-state index contributed by atoms with van der Waals surface area (Å²) in [5.74, 6) is 0.233. The first kappa shape index (κ1) is 20.0. The zero-order chi connectivity index (χ0) is 19.1. The Balaban J connectivity index is 0.00000205. The lowest BCUT2D eigenvalue weighted by Gasteiger charge is -2.15. The Morgan fingerprint density at radius 3 is 2.55 bits per heavy atom. The van der Waals surface area contributed by atoms with Gasteiger partial charge in [-0.25, -0.2) is 0 Å². The average molecular weight is 427 g/mol. The van der Waals surface area contributed by atoms with Gasteiger partial charge in [-0.15, -0.1) is 23.7 Å². The van der Waals surface area contributed by atoms with Gasteiger partial charge >= 0.3 is 0 Å². The highest BCUT2D eigenvalue weighted by Crippen LogP contribution is 2.39. The number of H-pyrrole nitrogens is 1. The van der Waals surface area contributed by atoms with Crippen molar-refractivity contribution < 1.29 is 5.11 Å². The molecule has 0 spiro atoms. The van der Waals surface area contributed by atoms with Crippen LogP contribution in [-0.2, 0) is 6.42 Å². The fourth-order valence-electron chi connectivity index (χ4n) is 4.26. The second-order valence-electron chi connectivity index (χ2n) is 7.50. The predicted octanol–water partition coefficient (Wildman–Crippen LogP) is 5.18. The van der Waals surface area contributed by atoms with Gasteiger partial charge < -0.3 is 15.0 Å². The Morgan fingerprint density at radius 1 is 1.03 bits per heavy atom. The quantitative estimate of drug-likeness (QED) is 0.473. The van der Waals surface area contributed by atoms with Gasteiger partial charge in [-0.3, -0.25) is 4.79 Å². The van der Waals surface area contributed by atoms with E-state index in [1.165, 1.54) is 42.8 Å². The van der Waals surface area contributed by atoms with Crippen molar-refractivity contribution in [1.82, 2.24) is 9.88 Å². The highest BCUT2D eigenvalue weighted by atomic mass is 35.5. The maximum Gasteiger partial charge on any atom is 0.266 e. The van der Waals surface area contributed by atoms with Crippen LogP contribution in [0.4, 0.5) is 0 Å². The zero-order valence-corrected chi connectivity index (χ0v) is 17.6. The maximum absolute atomic E-state index is 12.3. The van der Waals surface area contributed by atoms with E-state index in [-0.39, 0.29) is 23.7 Å². The number of nitrogens with one attached hydrogen (secondary N) is 1. The standard InChI is InChI=1S/C23H22N2O2S.ClH/c26-19-8-7-18-21(17-10-14-28-22(17)23(27)24-18)20(19)16-5-3-15(4-6-16)9-13-25-11-1-2-12-25;/h3-8,10,14,26H,1-2,9,11-13H2,(H,24,27);1H. The molecule has 0 amide bonds. The Morgan fingerprint density at radius 2 is 1.79 bits per heavy atom. The molecular formula is C23H23ClN2O2S. The Labute approximate surface area is 179 Å². The summed E-state index contributed by atoms with van der Waals surface area (Å²) in [7, 11) is 0. The Kier molecular flexibility index (Phi) is 5.63. The van der Waals surface area contributed by atoms with Crippen LogP contribution in [0.1, 0.15) is 18.4 Å². The molecule has 150 valence electrons. The molecule has 2 N–H and O–H groups in total. The first-order valence-corrected chi connectivity index (χ1v) is 10.7. The molecule has 1 aliphatic heterocycles. The summed E-state index contributed by atoms with van der Waals surface area (Å²) in [6.07, 6.45) is 3.68. The largest absolute Gasteiger partial charge is 0.507 e. The van der Waals surface area contributed by atoms with Crippen LogP contribution in [0.15, 0.2) is 52.6 Å². The topological polar surface area (TPSA) is 56.3 Å². The monoisotopic (exact) mass is 426 g/mol. The molecule has 1 fully saturated rings. The number of phenols is 1. The number of rotatable bonds is 4. The summed E-state index contributed by atoms with van der Waals surface area (Å²) >= 11 is 1.43. The number of thiophene rings is 1. The maximum atomic E-state index is 12.3. The third-order valence-electron chi connectivity index (χ3n) is 5.73. The van der Waals surface area contributed by atoms with Crippen LogP contribution in [-0.4, -0.2) is 34.6 Å². The molecule has 0 atom stereocenters. The van der Waals surface area contributed by atoms with E-state index < -0.39 is 0 Å². The Hall–Kier alpha value is -2.34. The molecule has 0 saturated carbocycles. The summed E-state index contributed by atoms with van der Waals surface area (Å²) in [4.78, 5) is 17.8. The lowest BCUT2D eigenvalue weighted by atomic mass is 9.96. The number of pyridine rings is 1. The van der Waals surface area contributed by atoms with Crippen LogP contribution in [0.25, 0.3) is 32.1 Å². The van der Waals surface area contributed by atoms with E-state index in [1.807, 2.05) is 11.4 Å². The highest BCUT2D eigenvalue weighted by molar-refractivity contribution is 7.17. The molecule has 29 heavy (non-hydrogen) atoms. The van der Waals surface area contributed by atoms with Crippen molar-refractivity contribution in [3.8, 4) is 16.9 Å². The molecule has 2 aromatic carbocycles. The lowest BCUT2D eigenvalue weighted by molar-refractivity contribution is 0.343. The minimum atomic E-state index is -0.0774. The number of likely N-dealkylation sites (tertiary alicyclic amines) is 1. The molecule has 5 rings (SSSR count). The van der Waals surface area contributed by atoms with Gasteiger partial charge in [0.25, 0.3) is 5.56 Å². The van der Waals surface area contributed by atoms with Gasteiger partial charge in [0.2, 0.25) is 0 Å². The van der Waals surface area contributed by atoms with Crippen molar-refractivity contribution in [2.45, 2.75) is 19.3 Å². The van der Waals surface area contributed by atoms with Gasteiger partial charge in [0.1, 0.15) is 10.4 Å². The van der Waals surface area contributed by atoms with Crippen molar-refractivity contribution in [1.29, 1.82) is 0 Å². The number of fused-ring (bicyclic) bond motifs is 3. The number of aromatic nitrogens is 1. The first-order chi connectivity index (χ1) is 13.7. The summed E-state index contributed by atoms with van der Waals surface area (Å²) < 4.78 is 0.696. The van der Waals surface area contributed by atoms with E-state index >= 15 is 0 Å². The molecule has 3 heterocycles. The van der Waals surface area contributed by atoms with Crippen LogP contribution in [0.2, 0.25) is 0 Å². The number of benzene rings is 2. The first-order valence-electron chi connectivity index (χ1n) is 9.77. The molecule has 4 aromatic rings. The molecule has 1 aliphatic rings. The lowest BCUT2D eigenvalue weighted by Crippen LogP contribution is -2.21. The van der Waals surface area contributed by atoms with Crippen LogP contribution >= 0.6 is 23.7 Å². The second-order valence-corrected chi connectivity index (χ2v) is 8.41. The number of hydrogen-bond acceptors (Lipinski definition) is 4. The molecule has 0 bridgehead atoms. The van der Waals surface area contributed by atoms with Gasteiger partial charge in [0, 0.05) is 28.4 Å². The van der Waals surface area contributed by atoms with E-state index in [0.717, 1.165) is 40.4 Å². The van der Waals surface area contributed by atoms with Gasteiger partial charge in [0.05, 0.1) is 0 Å². The van der Waals surface area contributed by atoms with Crippen molar-refractivity contribution in [2.24, 2.45) is 0 Å². The third kappa shape index (κ3) is 3.66. The van der Waals surface area contributed by atoms with Gasteiger partial charge in [-0.1, -0.05) is 24.3 Å². The number of halogens is 1. The van der Waals surface area contributed by atoms with Crippen molar-refractivity contribution >= 4 is 44.7 Å². The number of hydrogen-bond donors (Lipinski definition) is 2. The van der Waals surface area contributed by atoms with Crippen LogP contribution in [0.3, 0.4) is 0 Å². The van der Waals surface area contributed by atoms with Gasteiger partial charge in [0.15, 0.2) is 0 Å². The van der Waals surface area contributed by atoms with Gasteiger partial charge in [-0.05, 0) is 67.1 Å². The van der Waals surface area contributed by atoms with Crippen molar-refractivity contribution in [2.75, 3.05) is 19.6 Å². The fraction of sp³-hybridized carbons (Fsp3) is 0.261. The molecule has 0 unspecified atom stereocenters. The normalized spacial score (nSPS) is 14.5. The van der Waals surface area contributed by atoms with E-state index in [9.17, 15) is 9.90 Å². The predicted molar refractivity (Wildman–Crippen MR) is 124 cm³/mol. The SMILES string of the molecule is Cl.O=c1[nH]c2ccc(O)c(-c3ccc(CCN4CCCC4)cc3)c2c2ccsc12. The molecule has 6 heteroatoms. The minimum absolute atomic E-state index is 0. The molecule has 0 aliphatic carbocycles. The van der Waals surface area contributed by atoms with E-state index in [4.69, 9.17) is 0 Å². The number of aromatic amines is 1. The van der Waals surface area contributed by atoms with Gasteiger partial charge in [-0.2, -0.15) is 0 Å². The minimum Gasteiger partial charge on any atom is -0.507 e. The van der Waals surface area contributed by atoms with E-state index in [2.05, 4.69) is 34.1 Å². The van der Waals surface area contributed by atoms with Crippen LogP contribution in [0.5, 0.6) is 5.75 Å². The number of aromatic hydroxyl groups is 1. The third-order valence-corrected chi connectivity index (χ3v) is 6.64.